The van der Waals surface area contributed by atoms with Crippen molar-refractivity contribution in [2.45, 2.75) is 0 Å². The molecule has 0 bridgehead atoms. The van der Waals surface area contributed by atoms with Gasteiger partial charge in [0, 0.05) is 32.2 Å². The molecule has 0 saturated carbocycles. The number of morpholine rings is 2. The van der Waals surface area contributed by atoms with Crippen molar-refractivity contribution in [3.05, 3.63) is 12.4 Å². The molecular formula is C13H18N6O2. The normalized spacial score (nSPS) is 20.2. The van der Waals surface area contributed by atoms with Crippen LogP contribution in [0.25, 0.3) is 5.65 Å². The SMILES string of the molecule is c1nc2cc(N3CCOCC3)nc(N3CCOCC3)n2n1. The van der Waals surface area contributed by atoms with Gasteiger partial charge in [-0.05, 0) is 0 Å². The average Bonchev–Trinajstić information content (AvgIpc) is 3.04. The Balaban J connectivity index is 1.74. The fraction of sp³-hybridized carbons (Fsp3) is 0.615. The molecule has 0 aliphatic carbocycles. The van der Waals surface area contributed by atoms with Gasteiger partial charge in [0.25, 0.3) is 0 Å². The molecule has 2 saturated heterocycles. The molecule has 8 heteroatoms. The number of aromatic nitrogens is 4. The Kier molecular flexibility index (Phi) is 3.32. The third kappa shape index (κ3) is 2.40. The number of fused-ring (bicyclic) bond motifs is 1. The van der Waals surface area contributed by atoms with Gasteiger partial charge in [0.05, 0.1) is 26.4 Å². The number of anilines is 2. The van der Waals surface area contributed by atoms with Gasteiger partial charge in [0.2, 0.25) is 5.95 Å². The highest BCUT2D eigenvalue weighted by Gasteiger charge is 2.20. The van der Waals surface area contributed by atoms with Crippen molar-refractivity contribution >= 4 is 17.4 Å². The monoisotopic (exact) mass is 290 g/mol. The molecule has 2 aliphatic rings. The molecule has 0 radical (unpaired) electrons. The summed E-state index contributed by atoms with van der Waals surface area (Å²) in [6.07, 6.45) is 1.57. The minimum atomic E-state index is 0.722. The van der Waals surface area contributed by atoms with Crippen molar-refractivity contribution in [3.8, 4) is 0 Å². The molecule has 21 heavy (non-hydrogen) atoms. The van der Waals surface area contributed by atoms with E-state index in [-0.39, 0.29) is 0 Å². The molecule has 2 aliphatic heterocycles. The van der Waals surface area contributed by atoms with Crippen molar-refractivity contribution in [1.29, 1.82) is 0 Å². The molecule has 4 heterocycles. The van der Waals surface area contributed by atoms with E-state index < -0.39 is 0 Å². The van der Waals surface area contributed by atoms with Crippen LogP contribution < -0.4 is 9.80 Å². The Bertz CT molecular complexity index is 618. The maximum Gasteiger partial charge on any atom is 0.230 e. The zero-order valence-corrected chi connectivity index (χ0v) is 11.8. The molecule has 0 spiro atoms. The fourth-order valence-corrected chi connectivity index (χ4v) is 2.72. The highest BCUT2D eigenvalue weighted by Crippen LogP contribution is 2.21. The van der Waals surface area contributed by atoms with E-state index in [4.69, 9.17) is 14.5 Å². The number of ether oxygens (including phenoxy) is 2. The second-order valence-corrected chi connectivity index (χ2v) is 5.14. The number of hydrogen-bond donors (Lipinski definition) is 0. The Morgan fingerprint density at radius 1 is 0.905 bits per heavy atom. The molecule has 0 amide bonds. The molecule has 0 aromatic carbocycles. The van der Waals surface area contributed by atoms with Crippen LogP contribution in [0.15, 0.2) is 12.4 Å². The number of rotatable bonds is 2. The first-order valence-corrected chi connectivity index (χ1v) is 7.28. The molecule has 112 valence electrons. The molecule has 0 N–H and O–H groups in total. The molecule has 8 nitrogen and oxygen atoms in total. The minimum absolute atomic E-state index is 0.722. The van der Waals surface area contributed by atoms with Crippen molar-refractivity contribution in [3.63, 3.8) is 0 Å². The van der Waals surface area contributed by atoms with Crippen LogP contribution in [0, 0.1) is 0 Å². The first-order valence-electron chi connectivity index (χ1n) is 7.28. The Hall–Kier alpha value is -1.93. The third-order valence-electron chi connectivity index (χ3n) is 3.87. The van der Waals surface area contributed by atoms with E-state index in [1.807, 2.05) is 6.07 Å². The molecule has 2 fully saturated rings. The van der Waals surface area contributed by atoms with Gasteiger partial charge in [-0.3, -0.25) is 0 Å². The lowest BCUT2D eigenvalue weighted by Crippen LogP contribution is -2.40. The zero-order chi connectivity index (χ0) is 14.1. The van der Waals surface area contributed by atoms with E-state index in [1.165, 1.54) is 0 Å². The Labute approximate surface area is 122 Å². The summed E-state index contributed by atoms with van der Waals surface area (Å²) in [6.45, 7) is 6.31. The second-order valence-electron chi connectivity index (χ2n) is 5.14. The summed E-state index contributed by atoms with van der Waals surface area (Å²) in [5.74, 6) is 1.79. The third-order valence-corrected chi connectivity index (χ3v) is 3.87. The first-order chi connectivity index (χ1) is 10.4. The van der Waals surface area contributed by atoms with Gasteiger partial charge in [-0.2, -0.15) is 14.6 Å². The molecule has 2 aromatic rings. The Morgan fingerprint density at radius 2 is 1.57 bits per heavy atom. The van der Waals surface area contributed by atoms with Crippen LogP contribution in [0.1, 0.15) is 0 Å². The van der Waals surface area contributed by atoms with Crippen molar-refractivity contribution in [2.75, 3.05) is 62.4 Å². The quantitative estimate of drug-likeness (QED) is 0.758. The maximum atomic E-state index is 5.42. The lowest BCUT2D eigenvalue weighted by atomic mass is 10.4. The van der Waals surface area contributed by atoms with Gasteiger partial charge < -0.3 is 19.3 Å². The van der Waals surface area contributed by atoms with E-state index >= 15 is 0 Å². The standard InChI is InChI=1S/C13H18N6O2/c1-5-20-6-2-17(1)12-9-11-14-10-15-19(11)13(16-12)18-3-7-21-8-4-18/h9-10H,1-8H2. The lowest BCUT2D eigenvalue weighted by molar-refractivity contribution is 0.121. The van der Waals surface area contributed by atoms with Crippen LogP contribution in [-0.4, -0.2) is 72.2 Å². The van der Waals surface area contributed by atoms with Crippen LogP contribution in [0.4, 0.5) is 11.8 Å². The largest absolute Gasteiger partial charge is 0.378 e. The van der Waals surface area contributed by atoms with Crippen molar-refractivity contribution in [1.82, 2.24) is 19.6 Å². The van der Waals surface area contributed by atoms with E-state index in [0.29, 0.717) is 0 Å². The van der Waals surface area contributed by atoms with E-state index in [0.717, 1.165) is 70.0 Å². The maximum absolute atomic E-state index is 5.42. The van der Waals surface area contributed by atoms with Gasteiger partial charge in [-0.15, -0.1) is 0 Å². The van der Waals surface area contributed by atoms with Gasteiger partial charge in [-0.1, -0.05) is 0 Å². The van der Waals surface area contributed by atoms with Crippen molar-refractivity contribution < 1.29 is 9.47 Å². The predicted molar refractivity (Wildman–Crippen MR) is 76.8 cm³/mol. The highest BCUT2D eigenvalue weighted by molar-refractivity contribution is 5.56. The zero-order valence-electron chi connectivity index (χ0n) is 11.8. The highest BCUT2D eigenvalue weighted by atomic mass is 16.5. The van der Waals surface area contributed by atoms with E-state index in [1.54, 1.807) is 10.8 Å². The summed E-state index contributed by atoms with van der Waals surface area (Å²) in [5, 5.41) is 4.30. The topological polar surface area (TPSA) is 68.0 Å². The first kappa shape index (κ1) is 12.8. The summed E-state index contributed by atoms with van der Waals surface area (Å²) < 4.78 is 12.6. The molecule has 2 aromatic heterocycles. The van der Waals surface area contributed by atoms with Gasteiger partial charge in [0.15, 0.2) is 5.65 Å². The summed E-state index contributed by atoms with van der Waals surface area (Å²) in [4.78, 5) is 13.6. The average molecular weight is 290 g/mol. The summed E-state index contributed by atoms with van der Waals surface area (Å²) in [6, 6.07) is 1.99. The summed E-state index contributed by atoms with van der Waals surface area (Å²) >= 11 is 0. The number of nitrogens with zero attached hydrogens (tertiary/aromatic N) is 6. The minimum Gasteiger partial charge on any atom is -0.378 e. The Morgan fingerprint density at radius 3 is 2.29 bits per heavy atom. The van der Waals surface area contributed by atoms with Crippen LogP contribution in [0.5, 0.6) is 0 Å². The smallest absolute Gasteiger partial charge is 0.230 e. The number of hydrogen-bond acceptors (Lipinski definition) is 7. The van der Waals surface area contributed by atoms with E-state index in [2.05, 4.69) is 19.9 Å². The van der Waals surface area contributed by atoms with Gasteiger partial charge in [-0.25, -0.2) is 4.98 Å². The molecular weight excluding hydrogens is 272 g/mol. The van der Waals surface area contributed by atoms with Crippen LogP contribution >= 0.6 is 0 Å². The van der Waals surface area contributed by atoms with Crippen molar-refractivity contribution in [2.24, 2.45) is 0 Å². The molecule has 0 unspecified atom stereocenters. The van der Waals surface area contributed by atoms with Crippen LogP contribution in [-0.2, 0) is 9.47 Å². The summed E-state index contributed by atoms with van der Waals surface area (Å²) in [5.41, 5.74) is 0.827. The molecule has 0 atom stereocenters. The lowest BCUT2D eigenvalue weighted by Gasteiger charge is -2.31. The predicted octanol–water partition coefficient (Wildman–Crippen LogP) is -0.202. The van der Waals surface area contributed by atoms with Gasteiger partial charge >= 0.3 is 0 Å². The fourth-order valence-electron chi connectivity index (χ4n) is 2.72. The van der Waals surface area contributed by atoms with Crippen LogP contribution in [0.3, 0.4) is 0 Å². The van der Waals surface area contributed by atoms with Crippen LogP contribution in [0.2, 0.25) is 0 Å². The van der Waals surface area contributed by atoms with Gasteiger partial charge in [0.1, 0.15) is 12.1 Å². The van der Waals surface area contributed by atoms with E-state index in [9.17, 15) is 0 Å². The summed E-state index contributed by atoms with van der Waals surface area (Å²) in [7, 11) is 0. The second kappa shape index (κ2) is 5.45. The molecule has 4 rings (SSSR count).